The van der Waals surface area contributed by atoms with Crippen LogP contribution in [0.15, 0.2) is 12.1 Å². The monoisotopic (exact) mass is 241 g/mol. The number of carbonyl (C=O) groups is 2. The number of aldehydes is 1. The molecular weight excluding hydrogens is 235 g/mol. The molecule has 0 bridgehead atoms. The van der Waals surface area contributed by atoms with Gasteiger partial charge in [0.25, 0.3) is 0 Å². The molecule has 0 atom stereocenters. The second-order valence-electron chi connectivity index (χ2n) is 3.27. The molecule has 3 nitrogen and oxygen atoms in total. The summed E-state index contributed by atoms with van der Waals surface area (Å²) in [4.78, 5) is 21.8. The molecule has 6 heteroatoms. The molecule has 0 N–H and O–H groups in total. The number of benzene rings is 1. The van der Waals surface area contributed by atoms with Crippen LogP contribution in [0.2, 0.25) is 0 Å². The minimum absolute atomic E-state index is 0.204. The van der Waals surface area contributed by atoms with Gasteiger partial charge in [0, 0.05) is 11.1 Å². The minimum Gasteiger partial charge on any atom is -0.298 e. The Morgan fingerprint density at radius 3 is 2.35 bits per heavy atom. The predicted octanol–water partition coefficient (Wildman–Crippen LogP) is 2.59. The number of ketones is 1. The molecule has 1 rings (SSSR count). The van der Waals surface area contributed by atoms with Crippen LogP contribution in [0.1, 0.15) is 38.8 Å². The van der Waals surface area contributed by atoms with E-state index in [-0.39, 0.29) is 11.8 Å². The van der Waals surface area contributed by atoms with Crippen molar-refractivity contribution in [2.24, 2.45) is 0 Å². The molecule has 1 aromatic carbocycles. The van der Waals surface area contributed by atoms with Gasteiger partial charge >= 0.3 is 6.18 Å². The number of halogens is 3. The number of nitrogens with zero attached hydrogens (tertiary/aromatic N) is 1. The molecule has 0 unspecified atom stereocenters. The quantitative estimate of drug-likeness (QED) is 0.590. The van der Waals surface area contributed by atoms with E-state index in [1.807, 2.05) is 0 Å². The van der Waals surface area contributed by atoms with Gasteiger partial charge in [-0.1, -0.05) is 0 Å². The highest BCUT2D eigenvalue weighted by Crippen LogP contribution is 2.32. The average Bonchev–Trinajstić information content (AvgIpc) is 2.25. The summed E-state index contributed by atoms with van der Waals surface area (Å²) >= 11 is 0. The number of nitriles is 1. The van der Waals surface area contributed by atoms with Gasteiger partial charge in [-0.15, -0.1) is 0 Å². The molecule has 0 fully saturated rings. The van der Waals surface area contributed by atoms with Crippen molar-refractivity contribution in [1.82, 2.24) is 0 Å². The maximum atomic E-state index is 12.5. The maximum Gasteiger partial charge on any atom is 0.416 e. The number of carbonyl (C=O) groups excluding carboxylic acids is 2. The van der Waals surface area contributed by atoms with Crippen LogP contribution in [-0.4, -0.2) is 12.1 Å². The second-order valence-corrected chi connectivity index (χ2v) is 3.27. The lowest BCUT2D eigenvalue weighted by molar-refractivity contribution is -0.137. The number of rotatable bonds is 2. The van der Waals surface area contributed by atoms with Crippen molar-refractivity contribution in [2.45, 2.75) is 13.1 Å². The zero-order valence-electron chi connectivity index (χ0n) is 8.63. The summed E-state index contributed by atoms with van der Waals surface area (Å²) < 4.78 is 37.4. The summed E-state index contributed by atoms with van der Waals surface area (Å²) in [5.74, 6) is -0.699. The predicted molar refractivity (Wildman–Crippen MR) is 51.6 cm³/mol. The molecule has 0 heterocycles. The summed E-state index contributed by atoms with van der Waals surface area (Å²) in [6.45, 7) is 1.03. The standard InChI is InChI=1S/C11H6F3NO2/c1-6(17)9-3-8(11(12,13)14)2-7(4-15)10(9)5-16/h2-3,5H,1H3. The van der Waals surface area contributed by atoms with Crippen LogP contribution in [0, 0.1) is 11.3 Å². The van der Waals surface area contributed by atoms with E-state index in [9.17, 15) is 22.8 Å². The van der Waals surface area contributed by atoms with Gasteiger partial charge in [-0.25, -0.2) is 0 Å². The van der Waals surface area contributed by atoms with Gasteiger partial charge in [-0.05, 0) is 19.1 Å². The molecule has 0 spiro atoms. The fourth-order valence-corrected chi connectivity index (χ4v) is 1.33. The summed E-state index contributed by atoms with van der Waals surface area (Å²) in [6, 6.07) is 2.60. The van der Waals surface area contributed by atoms with Gasteiger partial charge in [0.2, 0.25) is 0 Å². The van der Waals surface area contributed by atoms with E-state index in [0.717, 1.165) is 6.92 Å². The Hall–Kier alpha value is -2.16. The van der Waals surface area contributed by atoms with Gasteiger partial charge < -0.3 is 0 Å². The average molecular weight is 241 g/mol. The Kier molecular flexibility index (Phi) is 3.32. The van der Waals surface area contributed by atoms with E-state index in [0.29, 0.717) is 12.1 Å². The highest BCUT2D eigenvalue weighted by Gasteiger charge is 2.32. The van der Waals surface area contributed by atoms with Crippen LogP contribution in [0.3, 0.4) is 0 Å². The Morgan fingerprint density at radius 1 is 1.41 bits per heavy atom. The van der Waals surface area contributed by atoms with Crippen molar-refractivity contribution in [2.75, 3.05) is 0 Å². The maximum absolute atomic E-state index is 12.5. The highest BCUT2D eigenvalue weighted by atomic mass is 19.4. The summed E-state index contributed by atoms with van der Waals surface area (Å²) in [6.07, 6.45) is -4.47. The summed E-state index contributed by atoms with van der Waals surface area (Å²) in [5, 5.41) is 8.66. The van der Waals surface area contributed by atoms with Crippen LogP contribution >= 0.6 is 0 Å². The van der Waals surface area contributed by atoms with Gasteiger partial charge in [0.1, 0.15) is 0 Å². The molecule has 0 aromatic heterocycles. The van der Waals surface area contributed by atoms with Gasteiger partial charge in [-0.3, -0.25) is 9.59 Å². The lowest BCUT2D eigenvalue weighted by Crippen LogP contribution is -2.10. The van der Waals surface area contributed by atoms with Crippen molar-refractivity contribution in [3.63, 3.8) is 0 Å². The molecule has 0 saturated carbocycles. The first kappa shape index (κ1) is 12.9. The second kappa shape index (κ2) is 4.37. The zero-order valence-corrected chi connectivity index (χ0v) is 8.63. The summed E-state index contributed by atoms with van der Waals surface area (Å²) in [7, 11) is 0. The number of hydrogen-bond donors (Lipinski definition) is 0. The van der Waals surface area contributed by atoms with Crippen LogP contribution in [0.25, 0.3) is 0 Å². The third-order valence-electron chi connectivity index (χ3n) is 2.12. The van der Waals surface area contributed by atoms with Crippen LogP contribution in [-0.2, 0) is 6.18 Å². The fraction of sp³-hybridized carbons (Fsp3) is 0.182. The van der Waals surface area contributed by atoms with Crippen molar-refractivity contribution in [3.05, 3.63) is 34.4 Å². The first-order valence-corrected chi connectivity index (χ1v) is 4.42. The molecule has 0 amide bonds. The molecule has 0 saturated heterocycles. The molecule has 88 valence electrons. The number of hydrogen-bond acceptors (Lipinski definition) is 3. The van der Waals surface area contributed by atoms with Gasteiger partial charge in [-0.2, -0.15) is 18.4 Å². The third kappa shape index (κ3) is 2.50. The Morgan fingerprint density at radius 2 is 2.00 bits per heavy atom. The lowest BCUT2D eigenvalue weighted by atomic mass is 9.96. The van der Waals surface area contributed by atoms with Gasteiger partial charge in [0.15, 0.2) is 12.1 Å². The minimum atomic E-state index is -4.67. The molecule has 0 aliphatic heterocycles. The Bertz CT molecular complexity index is 527. The molecule has 0 aliphatic carbocycles. The van der Waals surface area contributed by atoms with Crippen molar-refractivity contribution in [1.29, 1.82) is 5.26 Å². The van der Waals surface area contributed by atoms with Gasteiger partial charge in [0.05, 0.1) is 17.2 Å². The van der Waals surface area contributed by atoms with E-state index in [1.54, 1.807) is 0 Å². The largest absolute Gasteiger partial charge is 0.416 e. The van der Waals surface area contributed by atoms with E-state index < -0.39 is 28.6 Å². The van der Waals surface area contributed by atoms with Crippen molar-refractivity contribution < 1.29 is 22.8 Å². The normalized spacial score (nSPS) is 10.8. The lowest BCUT2D eigenvalue weighted by Gasteiger charge is -2.10. The SMILES string of the molecule is CC(=O)c1cc(C(F)(F)F)cc(C#N)c1C=O. The fourth-order valence-electron chi connectivity index (χ4n) is 1.33. The summed E-state index contributed by atoms with van der Waals surface area (Å²) in [5.41, 5.74) is -2.29. The molecule has 1 aromatic rings. The van der Waals surface area contributed by atoms with Crippen LogP contribution in [0.4, 0.5) is 13.2 Å². The number of alkyl halides is 3. The third-order valence-corrected chi connectivity index (χ3v) is 2.12. The Labute approximate surface area is 94.5 Å². The van der Waals surface area contributed by atoms with E-state index >= 15 is 0 Å². The first-order chi connectivity index (χ1) is 7.81. The molecule has 0 radical (unpaired) electrons. The highest BCUT2D eigenvalue weighted by molar-refractivity contribution is 6.02. The van der Waals surface area contributed by atoms with Crippen LogP contribution in [0.5, 0.6) is 0 Å². The van der Waals surface area contributed by atoms with Crippen molar-refractivity contribution >= 4 is 12.1 Å². The topological polar surface area (TPSA) is 57.9 Å². The van der Waals surface area contributed by atoms with E-state index in [1.165, 1.54) is 6.07 Å². The molecule has 0 aliphatic rings. The van der Waals surface area contributed by atoms with Crippen molar-refractivity contribution in [3.8, 4) is 6.07 Å². The van der Waals surface area contributed by atoms with Crippen LogP contribution < -0.4 is 0 Å². The molecule has 17 heavy (non-hydrogen) atoms. The first-order valence-electron chi connectivity index (χ1n) is 4.42. The van der Waals surface area contributed by atoms with E-state index in [4.69, 9.17) is 5.26 Å². The molecular formula is C11H6F3NO2. The zero-order chi connectivity index (χ0) is 13.2. The van der Waals surface area contributed by atoms with E-state index in [2.05, 4.69) is 0 Å². The Balaban J connectivity index is 3.64. The smallest absolute Gasteiger partial charge is 0.298 e. The number of Topliss-reactive ketones (excluding diaryl/α,β-unsaturated/α-hetero) is 1.